The Balaban J connectivity index is 2.41. The van der Waals surface area contributed by atoms with Crippen molar-refractivity contribution in [2.75, 3.05) is 24.2 Å². The summed E-state index contributed by atoms with van der Waals surface area (Å²) in [6.45, 7) is 3.95. The number of hydrogen-bond donors (Lipinski definition) is 0. The third kappa shape index (κ3) is 4.35. The largest absolute Gasteiger partial charge is 0.341 e. The Morgan fingerprint density at radius 3 is 2.87 bits per heavy atom. The zero-order valence-electron chi connectivity index (χ0n) is 9.38. The molecular formula is C11H20BrNOS. The number of amides is 1. The van der Waals surface area contributed by atoms with Gasteiger partial charge in [0.05, 0.1) is 5.25 Å². The maximum Gasteiger partial charge on any atom is 0.235 e. The Hall–Kier alpha value is 0.300. The molecule has 1 saturated heterocycles. The minimum atomic E-state index is 0.251. The maximum absolute atomic E-state index is 12.1. The lowest BCUT2D eigenvalue weighted by atomic mass is 10.2. The second kappa shape index (κ2) is 7.55. The van der Waals surface area contributed by atoms with E-state index in [4.69, 9.17) is 0 Å². The highest BCUT2D eigenvalue weighted by atomic mass is 79.9. The van der Waals surface area contributed by atoms with Crippen LogP contribution >= 0.6 is 27.7 Å². The van der Waals surface area contributed by atoms with E-state index in [0.717, 1.165) is 43.4 Å². The summed E-state index contributed by atoms with van der Waals surface area (Å²) < 4.78 is 0. The van der Waals surface area contributed by atoms with E-state index in [0.29, 0.717) is 5.91 Å². The topological polar surface area (TPSA) is 20.3 Å². The Bertz CT molecular complexity index is 195. The maximum atomic E-state index is 12.1. The summed E-state index contributed by atoms with van der Waals surface area (Å²) in [4.78, 5) is 14.2. The standard InChI is InChI=1S/C11H20BrNOS/c1-2-3-7-13(8-6-12)11(14)10-5-4-9-15-10/h10H,2-9H2,1H3. The number of carbonyl (C=O) groups is 1. The summed E-state index contributed by atoms with van der Waals surface area (Å²) in [5, 5.41) is 1.14. The molecule has 0 spiro atoms. The van der Waals surface area contributed by atoms with Gasteiger partial charge in [-0.1, -0.05) is 29.3 Å². The lowest BCUT2D eigenvalue weighted by molar-refractivity contribution is -0.130. The lowest BCUT2D eigenvalue weighted by Crippen LogP contribution is -2.38. The van der Waals surface area contributed by atoms with Crippen molar-refractivity contribution in [1.82, 2.24) is 4.90 Å². The van der Waals surface area contributed by atoms with Crippen LogP contribution in [0.15, 0.2) is 0 Å². The quantitative estimate of drug-likeness (QED) is 0.702. The van der Waals surface area contributed by atoms with Gasteiger partial charge in [-0.25, -0.2) is 0 Å². The molecule has 1 rings (SSSR count). The van der Waals surface area contributed by atoms with Crippen LogP contribution in [0.5, 0.6) is 0 Å². The molecule has 1 aliphatic rings. The SMILES string of the molecule is CCCCN(CCBr)C(=O)C1CCCS1. The van der Waals surface area contributed by atoms with E-state index >= 15 is 0 Å². The van der Waals surface area contributed by atoms with Gasteiger partial charge < -0.3 is 4.90 Å². The fraction of sp³-hybridized carbons (Fsp3) is 0.909. The molecule has 1 fully saturated rings. The number of alkyl halides is 1. The van der Waals surface area contributed by atoms with Crippen LogP contribution in [-0.2, 0) is 4.79 Å². The predicted octanol–water partition coefficient (Wildman–Crippen LogP) is 2.91. The van der Waals surface area contributed by atoms with Crippen LogP contribution < -0.4 is 0 Å². The molecule has 0 N–H and O–H groups in total. The number of nitrogens with zero attached hydrogens (tertiary/aromatic N) is 1. The first-order valence-electron chi connectivity index (χ1n) is 5.76. The molecule has 0 saturated carbocycles. The van der Waals surface area contributed by atoms with Gasteiger partial charge in [0.25, 0.3) is 0 Å². The first-order chi connectivity index (χ1) is 7.29. The van der Waals surface area contributed by atoms with E-state index < -0.39 is 0 Å². The van der Waals surface area contributed by atoms with E-state index in [-0.39, 0.29) is 5.25 Å². The van der Waals surface area contributed by atoms with Gasteiger partial charge in [-0.05, 0) is 25.0 Å². The summed E-state index contributed by atoms with van der Waals surface area (Å²) in [6.07, 6.45) is 4.56. The van der Waals surface area contributed by atoms with Gasteiger partial charge in [0, 0.05) is 18.4 Å². The Morgan fingerprint density at radius 2 is 2.33 bits per heavy atom. The Morgan fingerprint density at radius 1 is 1.53 bits per heavy atom. The average molecular weight is 294 g/mol. The van der Waals surface area contributed by atoms with E-state index in [1.54, 1.807) is 0 Å². The average Bonchev–Trinajstić information content (AvgIpc) is 2.76. The fourth-order valence-electron chi connectivity index (χ4n) is 1.76. The summed E-state index contributed by atoms with van der Waals surface area (Å²) >= 11 is 5.25. The smallest absolute Gasteiger partial charge is 0.235 e. The van der Waals surface area contributed by atoms with Crippen molar-refractivity contribution >= 4 is 33.6 Å². The van der Waals surface area contributed by atoms with Crippen molar-refractivity contribution in [2.45, 2.75) is 37.9 Å². The molecule has 15 heavy (non-hydrogen) atoms. The van der Waals surface area contributed by atoms with E-state index in [1.165, 1.54) is 6.42 Å². The number of rotatable bonds is 6. The van der Waals surface area contributed by atoms with Gasteiger partial charge in [0.15, 0.2) is 0 Å². The summed E-state index contributed by atoms with van der Waals surface area (Å²) in [7, 11) is 0. The number of thioether (sulfide) groups is 1. The molecular weight excluding hydrogens is 274 g/mol. The zero-order chi connectivity index (χ0) is 11.1. The Kier molecular flexibility index (Phi) is 6.73. The Labute approximate surface area is 105 Å². The van der Waals surface area contributed by atoms with E-state index in [2.05, 4.69) is 22.9 Å². The summed E-state index contributed by atoms with van der Waals surface area (Å²) in [5.74, 6) is 1.53. The van der Waals surface area contributed by atoms with Gasteiger partial charge in [0.2, 0.25) is 5.91 Å². The second-order valence-electron chi connectivity index (χ2n) is 3.87. The van der Waals surface area contributed by atoms with Crippen LogP contribution in [0, 0.1) is 0 Å². The van der Waals surface area contributed by atoms with Crippen LogP contribution in [0.25, 0.3) is 0 Å². The van der Waals surface area contributed by atoms with E-state index in [9.17, 15) is 4.79 Å². The molecule has 1 unspecified atom stereocenters. The van der Waals surface area contributed by atoms with Crippen LogP contribution in [0.4, 0.5) is 0 Å². The van der Waals surface area contributed by atoms with Crippen LogP contribution in [-0.4, -0.2) is 40.2 Å². The molecule has 2 nitrogen and oxygen atoms in total. The molecule has 0 aromatic rings. The predicted molar refractivity (Wildman–Crippen MR) is 70.8 cm³/mol. The van der Waals surface area contributed by atoms with Crippen LogP contribution in [0.3, 0.4) is 0 Å². The molecule has 0 radical (unpaired) electrons. The first kappa shape index (κ1) is 13.4. The third-order valence-corrected chi connectivity index (χ3v) is 4.37. The van der Waals surface area contributed by atoms with Crippen molar-refractivity contribution in [2.24, 2.45) is 0 Å². The third-order valence-electron chi connectivity index (χ3n) is 2.65. The van der Waals surface area contributed by atoms with Crippen molar-refractivity contribution in [1.29, 1.82) is 0 Å². The highest BCUT2D eigenvalue weighted by Gasteiger charge is 2.27. The van der Waals surface area contributed by atoms with Gasteiger partial charge in [-0.15, -0.1) is 11.8 Å². The molecule has 1 atom stereocenters. The minimum Gasteiger partial charge on any atom is -0.341 e. The molecule has 1 aliphatic heterocycles. The number of hydrogen-bond acceptors (Lipinski definition) is 2. The van der Waals surface area contributed by atoms with Crippen molar-refractivity contribution in [3.05, 3.63) is 0 Å². The zero-order valence-corrected chi connectivity index (χ0v) is 11.8. The second-order valence-corrected chi connectivity index (χ2v) is 5.97. The summed E-state index contributed by atoms with van der Waals surface area (Å²) in [5.41, 5.74) is 0. The number of carbonyl (C=O) groups excluding carboxylic acids is 1. The highest BCUT2D eigenvalue weighted by molar-refractivity contribution is 9.09. The lowest BCUT2D eigenvalue weighted by Gasteiger charge is -2.24. The minimum absolute atomic E-state index is 0.251. The van der Waals surface area contributed by atoms with Crippen molar-refractivity contribution in [3.63, 3.8) is 0 Å². The molecule has 4 heteroatoms. The normalized spacial score (nSPS) is 20.5. The number of unbranched alkanes of at least 4 members (excludes halogenated alkanes) is 1. The number of halogens is 1. The molecule has 0 aromatic carbocycles. The monoisotopic (exact) mass is 293 g/mol. The van der Waals surface area contributed by atoms with E-state index in [1.807, 2.05) is 16.7 Å². The van der Waals surface area contributed by atoms with Crippen molar-refractivity contribution in [3.8, 4) is 0 Å². The van der Waals surface area contributed by atoms with Gasteiger partial charge in [0.1, 0.15) is 0 Å². The summed E-state index contributed by atoms with van der Waals surface area (Å²) in [6, 6.07) is 0. The van der Waals surface area contributed by atoms with Crippen LogP contribution in [0.2, 0.25) is 0 Å². The fourth-order valence-corrected chi connectivity index (χ4v) is 3.43. The van der Waals surface area contributed by atoms with Crippen LogP contribution in [0.1, 0.15) is 32.6 Å². The molecule has 88 valence electrons. The van der Waals surface area contributed by atoms with Crippen molar-refractivity contribution < 1.29 is 4.79 Å². The van der Waals surface area contributed by atoms with Gasteiger partial charge in [-0.2, -0.15) is 0 Å². The molecule has 0 aromatic heterocycles. The highest BCUT2D eigenvalue weighted by Crippen LogP contribution is 2.27. The van der Waals surface area contributed by atoms with Gasteiger partial charge in [-0.3, -0.25) is 4.79 Å². The molecule has 1 amide bonds. The molecule has 0 aliphatic carbocycles. The first-order valence-corrected chi connectivity index (χ1v) is 7.93. The van der Waals surface area contributed by atoms with Gasteiger partial charge >= 0.3 is 0 Å². The molecule has 1 heterocycles. The molecule has 0 bridgehead atoms.